The molecule has 6 nitrogen and oxygen atoms in total. The molecule has 0 saturated heterocycles. The lowest BCUT2D eigenvalue weighted by atomic mass is 10.3. The Morgan fingerprint density at radius 3 is 2.60 bits per heavy atom. The van der Waals surface area contributed by atoms with Gasteiger partial charge < -0.3 is 14.6 Å². The summed E-state index contributed by atoms with van der Waals surface area (Å²) in [5.74, 6) is -2.21. The van der Waals surface area contributed by atoms with E-state index in [0.717, 1.165) is 0 Å². The predicted octanol–water partition coefficient (Wildman–Crippen LogP) is 0.731. The minimum Gasteiger partial charge on any atom is -0.478 e. The highest BCUT2D eigenvalue weighted by Gasteiger charge is 2.10. The number of carboxylic acids is 2. The fraction of sp³-hybridized carbons (Fsp3) is 0. The first-order chi connectivity index (χ1) is 7.08. The Hall–Kier alpha value is -2.37. The number of pyridine rings is 1. The van der Waals surface area contributed by atoms with Crippen molar-refractivity contribution in [1.29, 1.82) is 0 Å². The summed E-state index contributed by atoms with van der Waals surface area (Å²) in [4.78, 5) is 25.0. The van der Waals surface area contributed by atoms with Crippen molar-refractivity contribution in [3.05, 3.63) is 35.8 Å². The lowest BCUT2D eigenvalue weighted by Gasteiger charge is -1.94. The normalized spacial score (nSPS) is 10.4. The van der Waals surface area contributed by atoms with Crippen LogP contribution in [0.2, 0.25) is 0 Å². The number of aromatic carboxylic acids is 2. The van der Waals surface area contributed by atoms with Crippen LogP contribution in [-0.2, 0) is 0 Å². The molecule has 0 fully saturated rings. The van der Waals surface area contributed by atoms with E-state index in [1.807, 2.05) is 0 Å². The minimum absolute atomic E-state index is 0.0741. The fourth-order valence-corrected chi connectivity index (χ4v) is 1.22. The van der Waals surface area contributed by atoms with Crippen molar-refractivity contribution in [2.45, 2.75) is 0 Å². The van der Waals surface area contributed by atoms with Gasteiger partial charge in [0.15, 0.2) is 5.69 Å². The quantitative estimate of drug-likeness (QED) is 0.755. The molecular weight excluding hydrogens is 200 g/mol. The number of carbonyl (C=O) groups is 2. The SMILES string of the molecule is O=C(O)c1ccn2cc(C(=O)O)nc2c1. The van der Waals surface area contributed by atoms with E-state index in [1.54, 1.807) is 0 Å². The molecule has 0 saturated carbocycles. The topological polar surface area (TPSA) is 91.9 Å². The van der Waals surface area contributed by atoms with Gasteiger partial charge in [-0.1, -0.05) is 0 Å². The molecule has 2 N–H and O–H groups in total. The van der Waals surface area contributed by atoms with Gasteiger partial charge in [-0.15, -0.1) is 0 Å². The highest BCUT2D eigenvalue weighted by atomic mass is 16.4. The maximum Gasteiger partial charge on any atom is 0.356 e. The maximum atomic E-state index is 10.6. The zero-order chi connectivity index (χ0) is 11.0. The molecule has 0 spiro atoms. The number of carboxylic acid groups (broad SMARTS) is 2. The average molecular weight is 206 g/mol. The number of hydrogen-bond donors (Lipinski definition) is 2. The molecule has 2 aromatic heterocycles. The molecule has 76 valence electrons. The minimum atomic E-state index is -1.14. The second kappa shape index (κ2) is 3.09. The van der Waals surface area contributed by atoms with Gasteiger partial charge in [-0.25, -0.2) is 14.6 Å². The third-order valence-electron chi connectivity index (χ3n) is 1.93. The zero-order valence-electron chi connectivity index (χ0n) is 7.41. The first-order valence-electron chi connectivity index (χ1n) is 4.03. The van der Waals surface area contributed by atoms with E-state index in [9.17, 15) is 9.59 Å². The molecule has 0 aromatic carbocycles. The fourth-order valence-electron chi connectivity index (χ4n) is 1.22. The van der Waals surface area contributed by atoms with E-state index in [1.165, 1.54) is 28.9 Å². The van der Waals surface area contributed by atoms with Crippen LogP contribution < -0.4 is 0 Å². The number of rotatable bonds is 2. The van der Waals surface area contributed by atoms with Crippen LogP contribution in [0.15, 0.2) is 24.5 Å². The molecule has 0 bridgehead atoms. The first kappa shape index (κ1) is 9.20. The molecule has 15 heavy (non-hydrogen) atoms. The van der Waals surface area contributed by atoms with Crippen molar-refractivity contribution < 1.29 is 19.8 Å². The highest BCUT2D eigenvalue weighted by Crippen LogP contribution is 2.08. The Morgan fingerprint density at radius 2 is 2.00 bits per heavy atom. The van der Waals surface area contributed by atoms with Crippen LogP contribution in [0.4, 0.5) is 0 Å². The number of nitrogens with zero attached hydrogens (tertiary/aromatic N) is 2. The van der Waals surface area contributed by atoms with E-state index in [-0.39, 0.29) is 11.3 Å². The number of hydrogen-bond acceptors (Lipinski definition) is 3. The summed E-state index contributed by atoms with van der Waals surface area (Å²) in [7, 11) is 0. The van der Waals surface area contributed by atoms with Crippen molar-refractivity contribution in [2.24, 2.45) is 0 Å². The molecule has 0 amide bonds. The van der Waals surface area contributed by atoms with Gasteiger partial charge in [-0.2, -0.15) is 0 Å². The van der Waals surface area contributed by atoms with Gasteiger partial charge in [0.05, 0.1) is 5.56 Å². The Labute approximate surface area is 83.4 Å². The predicted molar refractivity (Wildman–Crippen MR) is 49.1 cm³/mol. The molecule has 0 unspecified atom stereocenters. The van der Waals surface area contributed by atoms with Crippen molar-refractivity contribution in [3.63, 3.8) is 0 Å². The van der Waals surface area contributed by atoms with E-state index >= 15 is 0 Å². The Bertz CT molecular complexity index is 546. The molecule has 0 atom stereocenters. The summed E-state index contributed by atoms with van der Waals surface area (Å²) in [6, 6.07) is 2.69. The first-order valence-corrected chi connectivity index (χ1v) is 4.03. The number of fused-ring (bicyclic) bond motifs is 1. The van der Waals surface area contributed by atoms with Crippen molar-refractivity contribution >= 4 is 17.6 Å². The standard InChI is InChI=1S/C9H6N2O4/c12-8(13)5-1-2-11-4-6(9(14)15)10-7(11)3-5/h1-4H,(H,12,13)(H,14,15). The zero-order valence-corrected chi connectivity index (χ0v) is 7.41. The smallest absolute Gasteiger partial charge is 0.356 e. The van der Waals surface area contributed by atoms with Gasteiger partial charge in [0.25, 0.3) is 0 Å². The maximum absolute atomic E-state index is 10.6. The average Bonchev–Trinajstić information content (AvgIpc) is 2.59. The van der Waals surface area contributed by atoms with Gasteiger partial charge in [0, 0.05) is 12.4 Å². The second-order valence-electron chi connectivity index (χ2n) is 2.92. The number of aromatic nitrogens is 2. The van der Waals surface area contributed by atoms with Crippen molar-refractivity contribution in [1.82, 2.24) is 9.38 Å². The van der Waals surface area contributed by atoms with Gasteiger partial charge in [0.2, 0.25) is 0 Å². The molecule has 6 heteroatoms. The van der Waals surface area contributed by atoms with Gasteiger partial charge in [0.1, 0.15) is 5.65 Å². The lowest BCUT2D eigenvalue weighted by Crippen LogP contribution is -1.97. The summed E-state index contributed by atoms with van der Waals surface area (Å²) >= 11 is 0. The third kappa shape index (κ3) is 1.52. The lowest BCUT2D eigenvalue weighted by molar-refractivity contribution is 0.0683. The van der Waals surface area contributed by atoms with Crippen LogP contribution in [0.1, 0.15) is 20.8 Å². The Kier molecular flexibility index (Phi) is 1.89. The van der Waals surface area contributed by atoms with E-state index < -0.39 is 11.9 Å². The van der Waals surface area contributed by atoms with Crippen LogP contribution in [0.3, 0.4) is 0 Å². The molecular formula is C9H6N2O4. The summed E-state index contributed by atoms with van der Waals surface area (Å²) in [5, 5.41) is 17.4. The molecule has 0 aliphatic rings. The van der Waals surface area contributed by atoms with Gasteiger partial charge >= 0.3 is 11.9 Å². The van der Waals surface area contributed by atoms with Crippen molar-refractivity contribution in [3.8, 4) is 0 Å². The van der Waals surface area contributed by atoms with Crippen LogP contribution in [0, 0.1) is 0 Å². The summed E-state index contributed by atoms with van der Waals surface area (Å²) in [6.45, 7) is 0. The van der Waals surface area contributed by atoms with Gasteiger partial charge in [-0.05, 0) is 12.1 Å². The summed E-state index contributed by atoms with van der Waals surface area (Å²) in [6.07, 6.45) is 2.78. The molecule has 0 aliphatic carbocycles. The largest absolute Gasteiger partial charge is 0.478 e. The second-order valence-corrected chi connectivity index (χ2v) is 2.92. The van der Waals surface area contributed by atoms with Crippen LogP contribution in [-0.4, -0.2) is 31.5 Å². The Morgan fingerprint density at radius 1 is 1.27 bits per heavy atom. The van der Waals surface area contributed by atoms with E-state index in [4.69, 9.17) is 10.2 Å². The molecule has 2 rings (SSSR count). The molecule has 2 aromatic rings. The summed E-state index contributed by atoms with van der Waals surface area (Å²) < 4.78 is 1.45. The summed E-state index contributed by atoms with van der Waals surface area (Å²) in [5.41, 5.74) is 0.259. The highest BCUT2D eigenvalue weighted by molar-refractivity contribution is 5.89. The van der Waals surface area contributed by atoms with Crippen molar-refractivity contribution in [2.75, 3.05) is 0 Å². The van der Waals surface area contributed by atoms with Gasteiger partial charge in [-0.3, -0.25) is 0 Å². The molecule has 0 aliphatic heterocycles. The monoisotopic (exact) mass is 206 g/mol. The van der Waals surface area contributed by atoms with E-state index in [2.05, 4.69) is 4.98 Å². The Balaban J connectivity index is 2.62. The van der Waals surface area contributed by atoms with E-state index in [0.29, 0.717) is 5.65 Å². The van der Waals surface area contributed by atoms with Crippen LogP contribution in [0.5, 0.6) is 0 Å². The number of imidazole rings is 1. The van der Waals surface area contributed by atoms with Crippen LogP contribution in [0.25, 0.3) is 5.65 Å². The molecule has 2 heterocycles. The third-order valence-corrected chi connectivity index (χ3v) is 1.93. The molecule has 0 radical (unpaired) electrons. The van der Waals surface area contributed by atoms with Crippen LogP contribution >= 0.6 is 0 Å².